The number of allylic oxidation sites excluding steroid dienone is 1. The molecule has 2 rings (SSSR count). The minimum absolute atomic E-state index is 0.264. The summed E-state index contributed by atoms with van der Waals surface area (Å²) in [6.45, 7) is 3.72. The number of rotatable bonds is 9. The summed E-state index contributed by atoms with van der Waals surface area (Å²) >= 11 is 0. The molecule has 2 heterocycles. The minimum atomic E-state index is -2.92. The van der Waals surface area contributed by atoms with Crippen molar-refractivity contribution < 1.29 is 13.5 Å². The minimum Gasteiger partial charge on any atom is -0.390 e. The van der Waals surface area contributed by atoms with Crippen molar-refractivity contribution in [2.45, 2.75) is 93.2 Å². The summed E-state index contributed by atoms with van der Waals surface area (Å²) in [5, 5.41) is 10.2. The highest BCUT2D eigenvalue weighted by atomic mass is 32.2. The molecule has 0 radical (unpaired) electrons. The fourth-order valence-electron chi connectivity index (χ4n) is 3.99. The van der Waals surface area contributed by atoms with E-state index < -0.39 is 15.4 Å². The molecule has 2 aliphatic heterocycles. The van der Waals surface area contributed by atoms with E-state index in [-0.39, 0.29) is 10.5 Å². The van der Waals surface area contributed by atoms with Gasteiger partial charge in [-0.1, -0.05) is 38.2 Å². The zero-order valence-electron chi connectivity index (χ0n) is 13.1. The van der Waals surface area contributed by atoms with Gasteiger partial charge in [0.15, 0.2) is 9.84 Å². The molecule has 0 aliphatic carbocycles. The van der Waals surface area contributed by atoms with Crippen molar-refractivity contribution in [3.63, 3.8) is 0 Å². The molecule has 0 aromatic carbocycles. The Morgan fingerprint density at radius 3 is 2.10 bits per heavy atom. The number of fused-ring (bicyclic) bond motifs is 2. The SMILES string of the molecule is C=CCCCCCCCCC1(O)CC2CCC(C1)S2(=O)=O. The summed E-state index contributed by atoms with van der Waals surface area (Å²) in [6, 6.07) is 0. The Morgan fingerprint density at radius 1 is 1.00 bits per heavy atom. The zero-order chi connectivity index (χ0) is 15.3. The number of hydrogen-bond acceptors (Lipinski definition) is 3. The monoisotopic (exact) mass is 314 g/mol. The van der Waals surface area contributed by atoms with Crippen molar-refractivity contribution in [2.24, 2.45) is 0 Å². The number of hydrogen-bond donors (Lipinski definition) is 1. The van der Waals surface area contributed by atoms with Crippen LogP contribution in [0.25, 0.3) is 0 Å². The van der Waals surface area contributed by atoms with Gasteiger partial charge in [0.25, 0.3) is 0 Å². The van der Waals surface area contributed by atoms with Gasteiger partial charge < -0.3 is 5.11 Å². The summed E-state index contributed by atoms with van der Waals surface area (Å²) < 4.78 is 24.1. The molecule has 2 aliphatic rings. The maximum atomic E-state index is 12.0. The summed E-state index contributed by atoms with van der Waals surface area (Å²) in [7, 11) is -2.92. The zero-order valence-corrected chi connectivity index (χ0v) is 13.9. The molecule has 0 aromatic heterocycles. The molecule has 21 heavy (non-hydrogen) atoms. The first-order valence-electron chi connectivity index (χ1n) is 8.54. The third-order valence-corrected chi connectivity index (χ3v) is 7.92. The van der Waals surface area contributed by atoms with Gasteiger partial charge in [0.05, 0.1) is 16.1 Å². The normalized spacial score (nSPS) is 34.0. The van der Waals surface area contributed by atoms with Crippen molar-refractivity contribution in [1.29, 1.82) is 0 Å². The van der Waals surface area contributed by atoms with Gasteiger partial charge in [0.1, 0.15) is 0 Å². The maximum absolute atomic E-state index is 12.0. The first-order chi connectivity index (χ1) is 9.98. The Balaban J connectivity index is 1.64. The maximum Gasteiger partial charge on any atom is 0.156 e. The Labute approximate surface area is 129 Å². The van der Waals surface area contributed by atoms with Gasteiger partial charge in [-0.15, -0.1) is 6.58 Å². The Kier molecular flexibility index (Phi) is 5.89. The van der Waals surface area contributed by atoms with Crippen LogP contribution in [0.3, 0.4) is 0 Å². The first-order valence-corrected chi connectivity index (χ1v) is 10.1. The second kappa shape index (κ2) is 7.28. The van der Waals surface area contributed by atoms with Crippen LogP contribution in [0, 0.1) is 0 Å². The van der Waals surface area contributed by atoms with E-state index in [4.69, 9.17) is 0 Å². The highest BCUT2D eigenvalue weighted by Crippen LogP contribution is 2.44. The number of sulfone groups is 1. The molecule has 4 heteroatoms. The van der Waals surface area contributed by atoms with Crippen LogP contribution in [0.4, 0.5) is 0 Å². The standard InChI is InChI=1S/C17H30O3S/c1-2-3-4-5-6-7-8-9-12-17(18)13-15-10-11-16(14-17)21(15,19)20/h2,15-16,18H,1,3-14H2. The lowest BCUT2D eigenvalue weighted by molar-refractivity contribution is 0.0108. The molecule has 2 unspecified atom stereocenters. The van der Waals surface area contributed by atoms with Gasteiger partial charge >= 0.3 is 0 Å². The van der Waals surface area contributed by atoms with Crippen LogP contribution in [0.1, 0.15) is 77.0 Å². The van der Waals surface area contributed by atoms with Crippen LogP contribution < -0.4 is 0 Å². The highest BCUT2D eigenvalue weighted by Gasteiger charge is 2.52. The number of unbranched alkanes of at least 4 members (excludes halogenated alkanes) is 6. The smallest absolute Gasteiger partial charge is 0.156 e. The molecule has 2 atom stereocenters. The van der Waals surface area contributed by atoms with Crippen molar-refractivity contribution in [3.8, 4) is 0 Å². The molecule has 2 saturated heterocycles. The predicted octanol–water partition coefficient (Wildman–Crippen LogP) is 3.76. The van der Waals surface area contributed by atoms with Crippen molar-refractivity contribution in [1.82, 2.24) is 0 Å². The van der Waals surface area contributed by atoms with Crippen molar-refractivity contribution in [2.75, 3.05) is 0 Å². The lowest BCUT2D eigenvalue weighted by Gasteiger charge is -2.36. The molecular weight excluding hydrogens is 284 g/mol. The molecule has 2 bridgehead atoms. The molecule has 1 N–H and O–H groups in total. The fraction of sp³-hybridized carbons (Fsp3) is 0.882. The molecule has 0 saturated carbocycles. The summed E-state index contributed by atoms with van der Waals surface area (Å²) in [5.41, 5.74) is -0.708. The fourth-order valence-corrected chi connectivity index (χ4v) is 6.55. The second-order valence-corrected chi connectivity index (χ2v) is 9.50. The van der Waals surface area contributed by atoms with Gasteiger partial charge in [-0.05, 0) is 44.9 Å². The van der Waals surface area contributed by atoms with Crippen LogP contribution in [-0.2, 0) is 9.84 Å². The van der Waals surface area contributed by atoms with Gasteiger partial charge in [-0.3, -0.25) is 0 Å². The van der Waals surface area contributed by atoms with E-state index in [0.717, 1.165) is 38.5 Å². The Morgan fingerprint density at radius 2 is 1.52 bits per heavy atom. The highest BCUT2D eigenvalue weighted by molar-refractivity contribution is 7.93. The predicted molar refractivity (Wildman–Crippen MR) is 87.0 cm³/mol. The molecule has 3 nitrogen and oxygen atoms in total. The molecule has 0 amide bonds. The third kappa shape index (κ3) is 4.32. The first kappa shape index (κ1) is 17.0. The van der Waals surface area contributed by atoms with E-state index in [2.05, 4.69) is 6.58 Å². The lowest BCUT2D eigenvalue weighted by Crippen LogP contribution is -2.44. The topological polar surface area (TPSA) is 54.4 Å². The summed E-state index contributed by atoms with van der Waals surface area (Å²) in [4.78, 5) is 0. The number of aliphatic hydroxyl groups is 1. The Hall–Kier alpha value is -0.350. The summed E-state index contributed by atoms with van der Waals surface area (Å²) in [6.07, 6.45) is 13.5. The van der Waals surface area contributed by atoms with Gasteiger partial charge in [0.2, 0.25) is 0 Å². The lowest BCUT2D eigenvalue weighted by atomic mass is 9.87. The quantitative estimate of drug-likeness (QED) is 0.521. The van der Waals surface area contributed by atoms with Gasteiger partial charge in [-0.2, -0.15) is 0 Å². The van der Waals surface area contributed by atoms with Crippen LogP contribution in [-0.4, -0.2) is 29.6 Å². The summed E-state index contributed by atoms with van der Waals surface area (Å²) in [5.74, 6) is 0. The van der Waals surface area contributed by atoms with Gasteiger partial charge in [0, 0.05) is 0 Å². The average Bonchev–Trinajstić information content (AvgIpc) is 2.62. The molecular formula is C17H30O3S. The molecule has 2 fully saturated rings. The average molecular weight is 314 g/mol. The van der Waals surface area contributed by atoms with Crippen LogP contribution >= 0.6 is 0 Å². The Bertz CT molecular complexity index is 421. The molecule has 0 spiro atoms. The van der Waals surface area contributed by atoms with E-state index in [9.17, 15) is 13.5 Å². The van der Waals surface area contributed by atoms with Crippen LogP contribution in [0.2, 0.25) is 0 Å². The van der Waals surface area contributed by atoms with E-state index in [1.165, 1.54) is 25.7 Å². The largest absolute Gasteiger partial charge is 0.390 e. The third-order valence-electron chi connectivity index (χ3n) is 5.26. The van der Waals surface area contributed by atoms with E-state index >= 15 is 0 Å². The van der Waals surface area contributed by atoms with Gasteiger partial charge in [-0.25, -0.2) is 8.42 Å². The van der Waals surface area contributed by atoms with Crippen LogP contribution in [0.15, 0.2) is 12.7 Å². The second-order valence-electron chi connectivity index (χ2n) is 6.99. The van der Waals surface area contributed by atoms with E-state index in [1.807, 2.05) is 6.08 Å². The molecule has 0 aromatic rings. The van der Waals surface area contributed by atoms with Crippen LogP contribution in [0.5, 0.6) is 0 Å². The molecule has 122 valence electrons. The van der Waals surface area contributed by atoms with E-state index in [1.54, 1.807) is 0 Å². The van der Waals surface area contributed by atoms with E-state index in [0.29, 0.717) is 12.8 Å². The van der Waals surface area contributed by atoms with Crippen molar-refractivity contribution in [3.05, 3.63) is 12.7 Å². The van der Waals surface area contributed by atoms with Crippen molar-refractivity contribution >= 4 is 9.84 Å².